The third-order valence-corrected chi connectivity index (χ3v) is 4.25. The Labute approximate surface area is 165 Å². The van der Waals surface area contributed by atoms with E-state index in [1.807, 2.05) is 0 Å². The van der Waals surface area contributed by atoms with Gasteiger partial charge in [-0.25, -0.2) is 4.98 Å². The number of hydrogen-bond donors (Lipinski definition) is 2. The van der Waals surface area contributed by atoms with Crippen LogP contribution in [0.25, 0.3) is 22.8 Å². The quantitative estimate of drug-likeness (QED) is 0.505. The summed E-state index contributed by atoms with van der Waals surface area (Å²) in [5, 5.41) is 20.8. The summed E-state index contributed by atoms with van der Waals surface area (Å²) < 4.78 is 5.76. The third-order valence-electron chi connectivity index (χ3n) is 3.94. The van der Waals surface area contributed by atoms with Crippen LogP contribution in [-0.4, -0.2) is 25.2 Å². The van der Waals surface area contributed by atoms with Gasteiger partial charge in [0.05, 0.1) is 16.1 Å². The Morgan fingerprint density at radius 1 is 0.643 bits per heavy atom. The van der Waals surface area contributed by atoms with Crippen LogP contribution in [0.2, 0.25) is 5.02 Å². The van der Waals surface area contributed by atoms with Crippen molar-refractivity contribution < 1.29 is 14.9 Å². The number of nitrogens with zero attached hydrogens (tertiary/aromatic N) is 3. The number of benzene rings is 3. The summed E-state index contributed by atoms with van der Waals surface area (Å²) in [6.45, 7) is 0. The highest BCUT2D eigenvalue weighted by Crippen LogP contribution is 2.33. The Balaban J connectivity index is 1.87. The largest absolute Gasteiger partial charge is 0.507 e. The van der Waals surface area contributed by atoms with Gasteiger partial charge in [0.2, 0.25) is 0 Å². The highest BCUT2D eigenvalue weighted by molar-refractivity contribution is 6.32. The number of hydrogen-bond acceptors (Lipinski definition) is 6. The Morgan fingerprint density at radius 2 is 1.14 bits per heavy atom. The first-order chi connectivity index (χ1) is 13.6. The van der Waals surface area contributed by atoms with Gasteiger partial charge in [-0.05, 0) is 36.4 Å². The molecule has 3 aromatic carbocycles. The first-order valence-electron chi connectivity index (χ1n) is 8.37. The van der Waals surface area contributed by atoms with Crippen molar-refractivity contribution in [2.45, 2.75) is 0 Å². The molecule has 0 radical (unpaired) electrons. The monoisotopic (exact) mass is 391 g/mol. The van der Waals surface area contributed by atoms with E-state index in [0.717, 1.165) is 0 Å². The highest BCUT2D eigenvalue weighted by atomic mass is 35.5. The summed E-state index contributed by atoms with van der Waals surface area (Å²) >= 11 is 6.16. The number of rotatable bonds is 4. The van der Waals surface area contributed by atoms with Crippen molar-refractivity contribution in [2.75, 3.05) is 0 Å². The minimum atomic E-state index is -0.0143. The molecule has 0 saturated carbocycles. The number of phenols is 2. The van der Waals surface area contributed by atoms with E-state index in [0.29, 0.717) is 21.9 Å². The first kappa shape index (κ1) is 17.8. The maximum Gasteiger partial charge on any atom is 0.326 e. The zero-order valence-electron chi connectivity index (χ0n) is 14.5. The van der Waals surface area contributed by atoms with Crippen molar-refractivity contribution in [3.05, 3.63) is 77.8 Å². The van der Waals surface area contributed by atoms with Crippen LogP contribution in [0.3, 0.4) is 0 Å². The van der Waals surface area contributed by atoms with Crippen LogP contribution in [-0.2, 0) is 0 Å². The molecule has 0 amide bonds. The molecular formula is C21H14ClN3O3. The van der Waals surface area contributed by atoms with Crippen LogP contribution in [0.1, 0.15) is 0 Å². The van der Waals surface area contributed by atoms with Gasteiger partial charge in [-0.3, -0.25) is 0 Å². The predicted octanol–water partition coefficient (Wildman–Crippen LogP) is 5.06. The number of ether oxygens (including phenoxy) is 1. The molecule has 7 heteroatoms. The van der Waals surface area contributed by atoms with Crippen molar-refractivity contribution in [1.82, 2.24) is 15.0 Å². The molecule has 0 atom stereocenters. The minimum Gasteiger partial charge on any atom is -0.507 e. The van der Waals surface area contributed by atoms with Gasteiger partial charge in [0.15, 0.2) is 11.6 Å². The lowest BCUT2D eigenvalue weighted by Crippen LogP contribution is -2.01. The average Bonchev–Trinajstić information content (AvgIpc) is 2.70. The van der Waals surface area contributed by atoms with Gasteiger partial charge in [0.1, 0.15) is 17.2 Å². The SMILES string of the molecule is Oc1ccccc1-c1nc(Oc2ccccc2Cl)nc(-c2ccccc2O)n1. The normalized spacial score (nSPS) is 10.6. The maximum atomic E-state index is 10.2. The lowest BCUT2D eigenvalue weighted by molar-refractivity contribution is 0.440. The predicted molar refractivity (Wildman–Crippen MR) is 106 cm³/mol. The van der Waals surface area contributed by atoms with E-state index in [1.165, 1.54) is 12.1 Å². The van der Waals surface area contributed by atoms with E-state index in [4.69, 9.17) is 16.3 Å². The summed E-state index contributed by atoms with van der Waals surface area (Å²) in [4.78, 5) is 13.0. The van der Waals surface area contributed by atoms with Crippen molar-refractivity contribution in [2.24, 2.45) is 0 Å². The molecule has 0 fully saturated rings. The Morgan fingerprint density at radius 3 is 1.68 bits per heavy atom. The average molecular weight is 392 g/mol. The van der Waals surface area contributed by atoms with Gasteiger partial charge in [0, 0.05) is 0 Å². The standard InChI is InChI=1S/C21H14ClN3O3/c22-15-9-3-6-12-18(15)28-21-24-19(13-7-1-4-10-16(13)26)23-20(25-21)14-8-2-5-11-17(14)27/h1-12,26-27H. The number of para-hydroxylation sites is 3. The van der Waals surface area contributed by atoms with E-state index in [-0.39, 0.29) is 29.2 Å². The Kier molecular flexibility index (Phi) is 4.78. The molecule has 0 unspecified atom stereocenters. The summed E-state index contributed by atoms with van der Waals surface area (Å²) in [5.41, 5.74) is 0.816. The van der Waals surface area contributed by atoms with Gasteiger partial charge in [-0.1, -0.05) is 48.0 Å². The van der Waals surface area contributed by atoms with Crippen LogP contribution in [0.4, 0.5) is 0 Å². The summed E-state index contributed by atoms with van der Waals surface area (Å²) in [5.74, 6) is 0.810. The lowest BCUT2D eigenvalue weighted by Gasteiger charge is -2.10. The first-order valence-corrected chi connectivity index (χ1v) is 8.75. The number of phenolic OH excluding ortho intramolecular Hbond substituents is 2. The molecule has 0 aliphatic heterocycles. The summed E-state index contributed by atoms with van der Waals surface area (Å²) in [6.07, 6.45) is 0. The van der Waals surface area contributed by atoms with Crippen molar-refractivity contribution in [3.8, 4) is 46.0 Å². The second-order valence-electron chi connectivity index (χ2n) is 5.83. The fourth-order valence-corrected chi connectivity index (χ4v) is 2.77. The fraction of sp³-hybridized carbons (Fsp3) is 0. The maximum absolute atomic E-state index is 10.2. The highest BCUT2D eigenvalue weighted by Gasteiger charge is 2.16. The van der Waals surface area contributed by atoms with E-state index < -0.39 is 0 Å². The molecule has 0 aliphatic carbocycles. The summed E-state index contributed by atoms with van der Waals surface area (Å²) in [7, 11) is 0. The second kappa shape index (κ2) is 7.54. The Bertz CT molecular complexity index is 1090. The van der Waals surface area contributed by atoms with Gasteiger partial charge in [-0.2, -0.15) is 9.97 Å². The molecule has 28 heavy (non-hydrogen) atoms. The molecule has 6 nitrogen and oxygen atoms in total. The lowest BCUT2D eigenvalue weighted by atomic mass is 10.1. The molecule has 0 spiro atoms. The Hall–Kier alpha value is -3.64. The fourth-order valence-electron chi connectivity index (χ4n) is 2.59. The second-order valence-corrected chi connectivity index (χ2v) is 6.24. The van der Waals surface area contributed by atoms with E-state index in [1.54, 1.807) is 60.7 Å². The third kappa shape index (κ3) is 3.58. The zero-order valence-corrected chi connectivity index (χ0v) is 15.2. The molecular weight excluding hydrogens is 378 g/mol. The van der Waals surface area contributed by atoms with Gasteiger partial charge in [0.25, 0.3) is 0 Å². The van der Waals surface area contributed by atoms with Crippen LogP contribution >= 0.6 is 11.6 Å². The van der Waals surface area contributed by atoms with Crippen molar-refractivity contribution in [1.29, 1.82) is 0 Å². The molecule has 1 heterocycles. The molecule has 4 rings (SSSR count). The smallest absolute Gasteiger partial charge is 0.326 e. The molecule has 0 bridgehead atoms. The van der Waals surface area contributed by atoms with E-state index >= 15 is 0 Å². The van der Waals surface area contributed by atoms with Crippen LogP contribution in [0.5, 0.6) is 23.3 Å². The minimum absolute atomic E-state index is 0.0143. The number of aromatic hydroxyl groups is 2. The van der Waals surface area contributed by atoms with Gasteiger partial charge < -0.3 is 14.9 Å². The number of aromatic nitrogens is 3. The zero-order chi connectivity index (χ0) is 19.5. The van der Waals surface area contributed by atoms with Crippen molar-refractivity contribution >= 4 is 11.6 Å². The van der Waals surface area contributed by atoms with E-state index in [9.17, 15) is 10.2 Å². The number of halogens is 1. The molecule has 0 aliphatic rings. The molecule has 4 aromatic rings. The topological polar surface area (TPSA) is 88.4 Å². The van der Waals surface area contributed by atoms with Crippen LogP contribution in [0.15, 0.2) is 72.8 Å². The van der Waals surface area contributed by atoms with Gasteiger partial charge in [-0.15, -0.1) is 0 Å². The molecule has 1 aromatic heterocycles. The molecule has 2 N–H and O–H groups in total. The van der Waals surface area contributed by atoms with Gasteiger partial charge >= 0.3 is 6.01 Å². The van der Waals surface area contributed by atoms with Crippen molar-refractivity contribution in [3.63, 3.8) is 0 Å². The van der Waals surface area contributed by atoms with Crippen LogP contribution < -0.4 is 4.74 Å². The van der Waals surface area contributed by atoms with E-state index in [2.05, 4.69) is 15.0 Å². The van der Waals surface area contributed by atoms with Crippen LogP contribution in [0, 0.1) is 0 Å². The molecule has 0 saturated heterocycles. The summed E-state index contributed by atoms with van der Waals surface area (Å²) in [6, 6.07) is 20.3. The molecule has 138 valence electrons.